The van der Waals surface area contributed by atoms with E-state index in [-0.39, 0.29) is 16.4 Å². The number of nitro groups is 1. The number of hydrogen-bond donors (Lipinski definition) is 2. The van der Waals surface area contributed by atoms with Crippen molar-refractivity contribution in [3.05, 3.63) is 61.2 Å². The van der Waals surface area contributed by atoms with Crippen LogP contribution in [0.1, 0.15) is 0 Å². The molecule has 2 aromatic carbocycles. The largest absolute Gasteiger partial charge is 0.323 e. The van der Waals surface area contributed by atoms with Crippen molar-refractivity contribution in [1.82, 2.24) is 0 Å². The highest BCUT2D eigenvalue weighted by Crippen LogP contribution is 2.27. The first-order valence-electron chi connectivity index (χ1n) is 5.74. The molecule has 0 saturated heterocycles. The molecule has 21 heavy (non-hydrogen) atoms. The van der Waals surface area contributed by atoms with E-state index in [0.29, 0.717) is 5.69 Å². The minimum Gasteiger partial charge on any atom is -0.307 e. The van der Waals surface area contributed by atoms with Crippen LogP contribution >= 0.6 is 34.2 Å². The number of carbonyl (C=O) groups is 1. The van der Waals surface area contributed by atoms with E-state index >= 15 is 0 Å². The van der Waals surface area contributed by atoms with E-state index in [0.717, 1.165) is 3.57 Å². The molecule has 0 bridgehead atoms. The molecule has 2 aromatic rings. The highest BCUT2D eigenvalue weighted by Gasteiger charge is 2.14. The lowest BCUT2D eigenvalue weighted by Crippen LogP contribution is -2.20. The summed E-state index contributed by atoms with van der Waals surface area (Å²) < 4.78 is 0.882. The first-order chi connectivity index (χ1) is 9.97. The summed E-state index contributed by atoms with van der Waals surface area (Å²) >= 11 is 7.80. The summed E-state index contributed by atoms with van der Waals surface area (Å²) in [5.41, 5.74) is 0.678. The number of benzene rings is 2. The standard InChI is InChI=1S/C13H9ClIN3O3/c14-9-6-5-8(7-12(9)18(20)21)16-13(19)17-11-4-2-1-3-10(11)15/h1-7H,(H2,16,17,19). The summed E-state index contributed by atoms with van der Waals surface area (Å²) in [7, 11) is 0. The summed E-state index contributed by atoms with van der Waals surface area (Å²) in [5, 5.41) is 16.0. The zero-order chi connectivity index (χ0) is 15.4. The molecular weight excluding hydrogens is 409 g/mol. The highest BCUT2D eigenvalue weighted by atomic mass is 127. The second-order valence-corrected chi connectivity index (χ2v) is 5.55. The Bertz CT molecular complexity index is 709. The molecule has 0 radical (unpaired) electrons. The smallest absolute Gasteiger partial charge is 0.307 e. The van der Waals surface area contributed by atoms with E-state index in [2.05, 4.69) is 33.2 Å². The number of nitrogens with one attached hydrogen (secondary N) is 2. The monoisotopic (exact) mass is 417 g/mol. The van der Waals surface area contributed by atoms with Crippen molar-refractivity contribution >= 4 is 57.3 Å². The molecule has 0 unspecified atom stereocenters. The van der Waals surface area contributed by atoms with Crippen LogP contribution in [0.5, 0.6) is 0 Å². The maximum absolute atomic E-state index is 11.9. The molecule has 0 spiro atoms. The lowest BCUT2D eigenvalue weighted by Gasteiger charge is -2.09. The van der Waals surface area contributed by atoms with Crippen LogP contribution in [0.2, 0.25) is 5.02 Å². The Balaban J connectivity index is 2.12. The highest BCUT2D eigenvalue weighted by molar-refractivity contribution is 14.1. The van der Waals surface area contributed by atoms with Gasteiger partial charge in [-0.1, -0.05) is 23.7 Å². The molecular formula is C13H9ClIN3O3. The number of urea groups is 1. The van der Waals surface area contributed by atoms with E-state index in [9.17, 15) is 14.9 Å². The maximum atomic E-state index is 11.9. The zero-order valence-corrected chi connectivity index (χ0v) is 13.4. The van der Waals surface area contributed by atoms with Crippen molar-refractivity contribution in [2.45, 2.75) is 0 Å². The second-order valence-electron chi connectivity index (χ2n) is 3.98. The number of carbonyl (C=O) groups excluding carboxylic acids is 1. The van der Waals surface area contributed by atoms with Gasteiger partial charge in [-0.2, -0.15) is 0 Å². The van der Waals surface area contributed by atoms with Crippen molar-refractivity contribution in [2.75, 3.05) is 10.6 Å². The van der Waals surface area contributed by atoms with Crippen LogP contribution in [0.15, 0.2) is 42.5 Å². The number of amides is 2. The van der Waals surface area contributed by atoms with Gasteiger partial charge in [0, 0.05) is 15.3 Å². The minimum atomic E-state index is -0.606. The third-order valence-electron chi connectivity index (χ3n) is 2.52. The molecule has 0 fully saturated rings. The molecule has 8 heteroatoms. The normalized spacial score (nSPS) is 10.0. The minimum absolute atomic E-state index is 0.0172. The fourth-order valence-corrected chi connectivity index (χ4v) is 2.29. The number of halogens is 2. The fraction of sp³-hybridized carbons (Fsp3) is 0. The Morgan fingerprint density at radius 2 is 1.90 bits per heavy atom. The van der Waals surface area contributed by atoms with Crippen molar-refractivity contribution in [1.29, 1.82) is 0 Å². The van der Waals surface area contributed by atoms with Gasteiger partial charge in [-0.15, -0.1) is 0 Å². The van der Waals surface area contributed by atoms with Crippen LogP contribution in [-0.2, 0) is 0 Å². The summed E-state index contributed by atoms with van der Waals surface area (Å²) in [5.74, 6) is 0. The molecule has 2 amide bonds. The Hall–Kier alpha value is -1.87. The lowest BCUT2D eigenvalue weighted by atomic mass is 10.3. The number of para-hydroxylation sites is 1. The van der Waals surface area contributed by atoms with Crippen LogP contribution < -0.4 is 10.6 Å². The van der Waals surface area contributed by atoms with Crippen molar-refractivity contribution in [2.24, 2.45) is 0 Å². The molecule has 0 aliphatic heterocycles. The molecule has 0 saturated carbocycles. The van der Waals surface area contributed by atoms with Crippen LogP contribution in [0, 0.1) is 13.7 Å². The number of nitro benzene ring substituents is 1. The molecule has 0 aliphatic carbocycles. The van der Waals surface area contributed by atoms with Crippen molar-refractivity contribution < 1.29 is 9.72 Å². The zero-order valence-electron chi connectivity index (χ0n) is 10.5. The van der Waals surface area contributed by atoms with Crippen LogP contribution in [0.4, 0.5) is 21.9 Å². The molecule has 2 N–H and O–H groups in total. The van der Waals surface area contributed by atoms with Crippen LogP contribution in [0.3, 0.4) is 0 Å². The van der Waals surface area contributed by atoms with Gasteiger partial charge in [-0.25, -0.2) is 4.79 Å². The molecule has 2 rings (SSSR count). The van der Waals surface area contributed by atoms with Crippen LogP contribution in [0.25, 0.3) is 0 Å². The quantitative estimate of drug-likeness (QED) is 0.438. The van der Waals surface area contributed by atoms with Gasteiger partial charge in [0.15, 0.2) is 0 Å². The predicted molar refractivity (Wildman–Crippen MR) is 89.9 cm³/mol. The van der Waals surface area contributed by atoms with Crippen molar-refractivity contribution in [3.63, 3.8) is 0 Å². The fourth-order valence-electron chi connectivity index (χ4n) is 1.58. The van der Waals surface area contributed by atoms with E-state index in [1.54, 1.807) is 12.1 Å². The van der Waals surface area contributed by atoms with Gasteiger partial charge in [0.25, 0.3) is 5.69 Å². The molecule has 0 aliphatic rings. The predicted octanol–water partition coefficient (Wildman–Crippen LogP) is 4.50. The summed E-state index contributed by atoms with van der Waals surface area (Å²) in [6.45, 7) is 0. The molecule has 6 nitrogen and oxygen atoms in total. The third kappa shape index (κ3) is 4.05. The first-order valence-corrected chi connectivity index (χ1v) is 7.19. The number of rotatable bonds is 3. The number of nitrogens with zero attached hydrogens (tertiary/aromatic N) is 1. The Kier molecular flexibility index (Phi) is 4.97. The van der Waals surface area contributed by atoms with E-state index in [1.807, 2.05) is 12.1 Å². The molecule has 0 heterocycles. The molecule has 0 atom stereocenters. The average Bonchev–Trinajstić information content (AvgIpc) is 2.43. The van der Waals surface area contributed by atoms with E-state index in [1.165, 1.54) is 18.2 Å². The number of anilines is 2. The lowest BCUT2D eigenvalue weighted by molar-refractivity contribution is -0.384. The summed E-state index contributed by atoms with van der Waals surface area (Å²) in [6.07, 6.45) is 0. The third-order valence-corrected chi connectivity index (χ3v) is 3.78. The van der Waals surface area contributed by atoms with Gasteiger partial charge >= 0.3 is 6.03 Å². The SMILES string of the molecule is O=C(Nc1ccc(Cl)c([N+](=O)[O-])c1)Nc1ccccc1I. The second kappa shape index (κ2) is 6.72. The first kappa shape index (κ1) is 15.5. The van der Waals surface area contributed by atoms with E-state index in [4.69, 9.17) is 11.6 Å². The van der Waals surface area contributed by atoms with Gasteiger partial charge in [0.1, 0.15) is 5.02 Å². The topological polar surface area (TPSA) is 84.3 Å². The maximum Gasteiger partial charge on any atom is 0.323 e. The van der Waals surface area contributed by atoms with Gasteiger partial charge in [0.05, 0.1) is 10.6 Å². The van der Waals surface area contributed by atoms with Gasteiger partial charge < -0.3 is 10.6 Å². The molecule has 0 aromatic heterocycles. The Morgan fingerprint density at radius 3 is 2.57 bits per heavy atom. The van der Waals surface area contributed by atoms with Gasteiger partial charge in [-0.3, -0.25) is 10.1 Å². The van der Waals surface area contributed by atoms with Gasteiger partial charge in [-0.05, 0) is 46.9 Å². The van der Waals surface area contributed by atoms with Crippen molar-refractivity contribution in [3.8, 4) is 0 Å². The molecule has 108 valence electrons. The Labute approximate surface area is 138 Å². The summed E-state index contributed by atoms with van der Waals surface area (Å²) in [4.78, 5) is 22.1. The van der Waals surface area contributed by atoms with Gasteiger partial charge in [0.2, 0.25) is 0 Å². The Morgan fingerprint density at radius 1 is 1.19 bits per heavy atom. The number of hydrogen-bond acceptors (Lipinski definition) is 3. The summed E-state index contributed by atoms with van der Waals surface area (Å²) in [6, 6.07) is 10.8. The van der Waals surface area contributed by atoms with E-state index < -0.39 is 11.0 Å². The van der Waals surface area contributed by atoms with Crippen LogP contribution in [-0.4, -0.2) is 11.0 Å². The average molecular weight is 418 g/mol.